The van der Waals surface area contributed by atoms with Crippen LogP contribution in [0.4, 0.5) is 0 Å². The molecule has 2 N–H and O–H groups in total. The molecule has 0 spiro atoms. The van der Waals surface area contributed by atoms with E-state index >= 15 is 0 Å². The number of carbonyl (C=O) groups is 1. The number of methoxy groups -OCH3 is 1. The average molecular weight is 427 g/mol. The van der Waals surface area contributed by atoms with Gasteiger partial charge in [0.2, 0.25) is 0 Å². The van der Waals surface area contributed by atoms with Gasteiger partial charge in [-0.2, -0.15) is 0 Å². The number of benzene rings is 2. The van der Waals surface area contributed by atoms with Gasteiger partial charge in [-0.15, -0.1) is 0 Å². The zero-order chi connectivity index (χ0) is 21.7. The summed E-state index contributed by atoms with van der Waals surface area (Å²) in [7, 11) is 1.67. The van der Waals surface area contributed by atoms with E-state index in [4.69, 9.17) is 16.3 Å². The molecule has 0 aliphatic carbocycles. The zero-order valence-electron chi connectivity index (χ0n) is 17.5. The topological polar surface area (TPSA) is 63.5 Å². The second-order valence-electron chi connectivity index (χ2n) is 7.28. The number of nitrogens with zero attached hydrogens (tertiary/aromatic N) is 1. The van der Waals surface area contributed by atoms with Crippen molar-refractivity contribution in [1.82, 2.24) is 9.88 Å². The summed E-state index contributed by atoms with van der Waals surface area (Å²) < 4.78 is 7.46. The molecule has 0 saturated heterocycles. The highest BCUT2D eigenvalue weighted by molar-refractivity contribution is 6.30. The number of hydrogen-bond acceptors (Lipinski definition) is 3. The molecule has 3 aromatic rings. The first kappa shape index (κ1) is 21.9. The van der Waals surface area contributed by atoms with Gasteiger partial charge in [-0.05, 0) is 56.1 Å². The Morgan fingerprint density at radius 1 is 1.10 bits per heavy atom. The van der Waals surface area contributed by atoms with Crippen LogP contribution < -0.4 is 10.1 Å². The number of ether oxygens (including phenoxy) is 1. The van der Waals surface area contributed by atoms with Crippen molar-refractivity contribution in [2.24, 2.45) is 0 Å². The molecular formula is C24H27ClN2O3. The number of para-hydroxylation sites is 1. The lowest BCUT2D eigenvalue weighted by Crippen LogP contribution is -2.19. The molecule has 1 heterocycles. The third-order valence-corrected chi connectivity index (χ3v) is 5.70. The second kappa shape index (κ2) is 9.83. The summed E-state index contributed by atoms with van der Waals surface area (Å²) in [5.74, 6) is -0.0290. The first-order valence-corrected chi connectivity index (χ1v) is 10.3. The number of carboxylic acid groups (broad SMARTS) is 1. The Kier molecular flexibility index (Phi) is 7.19. The fourth-order valence-corrected chi connectivity index (χ4v) is 3.93. The van der Waals surface area contributed by atoms with E-state index in [1.54, 1.807) is 7.11 Å². The molecule has 0 amide bonds. The maximum Gasteiger partial charge on any atom is 0.337 e. The van der Waals surface area contributed by atoms with Crippen molar-refractivity contribution in [3.8, 4) is 5.75 Å². The molecule has 2 aromatic carbocycles. The lowest BCUT2D eigenvalue weighted by molar-refractivity contribution is 0.0694. The first-order valence-electron chi connectivity index (χ1n) is 9.91. The van der Waals surface area contributed by atoms with Crippen LogP contribution >= 0.6 is 11.6 Å². The average Bonchev–Trinajstić information content (AvgIpc) is 2.97. The van der Waals surface area contributed by atoms with E-state index in [1.807, 2.05) is 62.4 Å². The minimum absolute atomic E-state index is 0.381. The Morgan fingerprint density at radius 3 is 2.47 bits per heavy atom. The highest BCUT2D eigenvalue weighted by Gasteiger charge is 2.22. The molecule has 1 aromatic heterocycles. The van der Waals surface area contributed by atoms with Crippen LogP contribution in [0.25, 0.3) is 0 Å². The molecular weight excluding hydrogens is 400 g/mol. The number of nitrogens with one attached hydrogen (secondary N) is 1. The number of hydrogen-bond donors (Lipinski definition) is 2. The zero-order valence-corrected chi connectivity index (χ0v) is 18.3. The van der Waals surface area contributed by atoms with E-state index in [-0.39, 0.29) is 0 Å². The molecule has 5 nitrogen and oxygen atoms in total. The van der Waals surface area contributed by atoms with Crippen LogP contribution in [0.2, 0.25) is 5.02 Å². The Morgan fingerprint density at radius 2 is 1.80 bits per heavy atom. The van der Waals surface area contributed by atoms with Crippen molar-refractivity contribution in [2.45, 2.75) is 33.4 Å². The smallest absolute Gasteiger partial charge is 0.337 e. The van der Waals surface area contributed by atoms with Gasteiger partial charge < -0.3 is 19.7 Å². The fourth-order valence-electron chi connectivity index (χ4n) is 3.80. The van der Waals surface area contributed by atoms with Crippen molar-refractivity contribution < 1.29 is 14.6 Å². The molecule has 0 bridgehead atoms. The quantitative estimate of drug-likeness (QED) is 0.480. The van der Waals surface area contributed by atoms with Crippen LogP contribution in [0, 0.1) is 13.8 Å². The Balaban J connectivity index is 1.75. The summed E-state index contributed by atoms with van der Waals surface area (Å²) in [4.78, 5) is 12.0. The Labute approximate surface area is 182 Å². The number of halogens is 1. The summed E-state index contributed by atoms with van der Waals surface area (Å²) in [6.07, 6.45) is 0.802. The van der Waals surface area contributed by atoms with Gasteiger partial charge >= 0.3 is 5.97 Å². The molecule has 0 atom stereocenters. The molecule has 0 saturated carbocycles. The largest absolute Gasteiger partial charge is 0.496 e. The van der Waals surface area contributed by atoms with E-state index in [2.05, 4.69) is 9.88 Å². The van der Waals surface area contributed by atoms with E-state index in [9.17, 15) is 9.90 Å². The van der Waals surface area contributed by atoms with Crippen LogP contribution in [-0.4, -0.2) is 29.3 Å². The molecule has 3 rings (SSSR count). The highest BCUT2D eigenvalue weighted by Crippen LogP contribution is 2.24. The predicted molar refractivity (Wildman–Crippen MR) is 120 cm³/mol. The van der Waals surface area contributed by atoms with Crippen LogP contribution in [0.1, 0.15) is 38.4 Å². The molecule has 0 fully saturated rings. The van der Waals surface area contributed by atoms with E-state index in [0.717, 1.165) is 46.8 Å². The summed E-state index contributed by atoms with van der Waals surface area (Å²) in [6.45, 7) is 5.67. The maximum absolute atomic E-state index is 12.0. The summed E-state index contributed by atoms with van der Waals surface area (Å²) in [5, 5.41) is 13.9. The van der Waals surface area contributed by atoms with E-state index < -0.39 is 5.97 Å². The molecule has 0 radical (unpaired) electrons. The number of aromatic carboxylic acids is 1. The van der Waals surface area contributed by atoms with Crippen LogP contribution in [0.3, 0.4) is 0 Å². The lowest BCUT2D eigenvalue weighted by Gasteiger charge is -2.11. The third-order valence-electron chi connectivity index (χ3n) is 5.44. The van der Waals surface area contributed by atoms with Crippen molar-refractivity contribution >= 4 is 17.6 Å². The van der Waals surface area contributed by atoms with E-state index in [0.29, 0.717) is 23.7 Å². The first-order chi connectivity index (χ1) is 14.4. The normalized spacial score (nSPS) is 10.9. The minimum Gasteiger partial charge on any atom is -0.496 e. The molecule has 6 heteroatoms. The summed E-state index contributed by atoms with van der Waals surface area (Å²) in [6, 6.07) is 15.6. The van der Waals surface area contributed by atoms with Crippen molar-refractivity contribution in [3.05, 3.63) is 87.2 Å². The van der Waals surface area contributed by atoms with Gasteiger partial charge in [-0.3, -0.25) is 0 Å². The van der Waals surface area contributed by atoms with Crippen LogP contribution in [0.5, 0.6) is 5.75 Å². The molecule has 30 heavy (non-hydrogen) atoms. The molecule has 0 unspecified atom stereocenters. The SMILES string of the molecule is COc1ccccc1CCNCc1c(C(=O)O)c(C)n(Cc2ccc(Cl)cc2)c1C. The van der Waals surface area contributed by atoms with Gasteiger partial charge in [0.25, 0.3) is 0 Å². The van der Waals surface area contributed by atoms with Gasteiger partial charge in [0, 0.05) is 35.1 Å². The number of rotatable bonds is 9. The fraction of sp³-hybridized carbons (Fsp3) is 0.292. The van der Waals surface area contributed by atoms with Gasteiger partial charge in [-0.1, -0.05) is 41.9 Å². The van der Waals surface area contributed by atoms with Gasteiger partial charge in [0.1, 0.15) is 5.75 Å². The van der Waals surface area contributed by atoms with Crippen molar-refractivity contribution in [1.29, 1.82) is 0 Å². The van der Waals surface area contributed by atoms with E-state index in [1.165, 1.54) is 0 Å². The highest BCUT2D eigenvalue weighted by atomic mass is 35.5. The van der Waals surface area contributed by atoms with Gasteiger partial charge in [0.05, 0.1) is 12.7 Å². The van der Waals surface area contributed by atoms with Crippen molar-refractivity contribution in [3.63, 3.8) is 0 Å². The summed E-state index contributed by atoms with van der Waals surface area (Å²) >= 11 is 5.98. The van der Waals surface area contributed by atoms with Crippen LogP contribution in [-0.2, 0) is 19.5 Å². The Hall–Kier alpha value is -2.76. The van der Waals surface area contributed by atoms with Gasteiger partial charge in [-0.25, -0.2) is 4.79 Å². The Bertz CT molecular complexity index is 1030. The molecule has 0 aliphatic heterocycles. The maximum atomic E-state index is 12.0. The van der Waals surface area contributed by atoms with Crippen molar-refractivity contribution in [2.75, 3.05) is 13.7 Å². The van der Waals surface area contributed by atoms with Crippen LogP contribution in [0.15, 0.2) is 48.5 Å². The standard InChI is InChI=1S/C24H27ClN2O3/c1-16-21(14-26-13-12-19-6-4-5-7-22(19)30-3)23(24(28)29)17(2)27(16)15-18-8-10-20(25)11-9-18/h4-11,26H,12-15H2,1-3H3,(H,28,29). The lowest BCUT2D eigenvalue weighted by atomic mass is 10.1. The minimum atomic E-state index is -0.896. The molecule has 0 aliphatic rings. The molecule has 158 valence electrons. The summed E-state index contributed by atoms with van der Waals surface area (Å²) in [5.41, 5.74) is 5.13. The second-order valence-corrected chi connectivity index (χ2v) is 7.72. The monoisotopic (exact) mass is 426 g/mol. The number of carboxylic acids is 1. The number of aromatic nitrogens is 1. The van der Waals surface area contributed by atoms with Gasteiger partial charge in [0.15, 0.2) is 0 Å². The predicted octanol–water partition coefficient (Wildman–Crippen LogP) is 4.85. The third kappa shape index (κ3) is 4.86.